The molecule has 0 unspecified atom stereocenters. The van der Waals surface area contributed by atoms with Crippen LogP contribution in [-0.2, 0) is 11.3 Å². The van der Waals surface area contributed by atoms with Crippen LogP contribution < -0.4 is 11.1 Å². The van der Waals surface area contributed by atoms with Crippen molar-refractivity contribution in [3.63, 3.8) is 0 Å². The molecule has 6 nitrogen and oxygen atoms in total. The summed E-state index contributed by atoms with van der Waals surface area (Å²) in [5, 5.41) is 2.85. The number of carbonyl (C=O) groups excluding carboxylic acids is 1. The first kappa shape index (κ1) is 12.3. The van der Waals surface area contributed by atoms with Gasteiger partial charge in [0.2, 0.25) is 11.9 Å². The van der Waals surface area contributed by atoms with Gasteiger partial charge in [-0.3, -0.25) is 9.78 Å². The van der Waals surface area contributed by atoms with E-state index in [2.05, 4.69) is 15.3 Å². The summed E-state index contributed by atoms with van der Waals surface area (Å²) < 4.78 is 1.83. The Morgan fingerprint density at radius 3 is 3.06 bits per heavy atom. The van der Waals surface area contributed by atoms with E-state index in [1.807, 2.05) is 24.5 Å². The molecule has 2 heterocycles. The third-order valence-corrected chi connectivity index (χ3v) is 2.59. The molecule has 3 N–H and O–H groups in total. The van der Waals surface area contributed by atoms with Crippen LogP contribution in [0, 0.1) is 0 Å². The number of anilines is 1. The van der Waals surface area contributed by atoms with Gasteiger partial charge >= 0.3 is 0 Å². The quantitative estimate of drug-likeness (QED) is 0.841. The Labute approximate surface area is 105 Å². The molecule has 0 aromatic carbocycles. The number of pyridine rings is 1. The normalized spacial score (nSPS) is 11.1. The molecule has 0 aliphatic rings. The van der Waals surface area contributed by atoms with Crippen molar-refractivity contribution in [2.45, 2.75) is 32.9 Å². The van der Waals surface area contributed by atoms with Gasteiger partial charge in [-0.15, -0.1) is 0 Å². The second-order valence-corrected chi connectivity index (χ2v) is 4.46. The third-order valence-electron chi connectivity index (χ3n) is 2.59. The highest BCUT2D eigenvalue weighted by molar-refractivity contribution is 5.78. The molecule has 0 saturated carbocycles. The SMILES string of the molecule is CC(C)NC(=O)CCn1c(N)nc2cnccc21. The van der Waals surface area contributed by atoms with Crippen LogP contribution in [0.2, 0.25) is 0 Å². The maximum absolute atomic E-state index is 11.6. The molecule has 0 radical (unpaired) electrons. The summed E-state index contributed by atoms with van der Waals surface area (Å²) in [6.45, 7) is 4.39. The predicted octanol–water partition coefficient (Wildman–Crippen LogP) is 0.928. The summed E-state index contributed by atoms with van der Waals surface area (Å²) in [4.78, 5) is 19.8. The number of amides is 1. The first-order valence-electron chi connectivity index (χ1n) is 5.93. The number of hydrogen-bond donors (Lipinski definition) is 2. The van der Waals surface area contributed by atoms with E-state index >= 15 is 0 Å². The van der Waals surface area contributed by atoms with E-state index in [0.717, 1.165) is 11.0 Å². The molecule has 96 valence electrons. The second kappa shape index (κ2) is 5.03. The molecule has 18 heavy (non-hydrogen) atoms. The Morgan fingerprint density at radius 1 is 1.56 bits per heavy atom. The molecule has 0 atom stereocenters. The molecule has 2 aromatic rings. The summed E-state index contributed by atoms with van der Waals surface area (Å²) in [6.07, 6.45) is 3.74. The fourth-order valence-corrected chi connectivity index (χ4v) is 1.84. The highest BCUT2D eigenvalue weighted by Crippen LogP contribution is 2.16. The Hall–Kier alpha value is -2.11. The largest absolute Gasteiger partial charge is 0.369 e. The van der Waals surface area contributed by atoms with Crippen LogP contribution in [0.15, 0.2) is 18.5 Å². The number of hydrogen-bond acceptors (Lipinski definition) is 4. The van der Waals surface area contributed by atoms with Crippen LogP contribution in [0.1, 0.15) is 20.3 Å². The van der Waals surface area contributed by atoms with Crippen LogP contribution >= 0.6 is 0 Å². The highest BCUT2D eigenvalue weighted by atomic mass is 16.1. The van der Waals surface area contributed by atoms with Crippen LogP contribution in [0.25, 0.3) is 11.0 Å². The van der Waals surface area contributed by atoms with E-state index in [0.29, 0.717) is 18.9 Å². The highest BCUT2D eigenvalue weighted by Gasteiger charge is 2.10. The van der Waals surface area contributed by atoms with Gasteiger partial charge < -0.3 is 15.6 Å². The number of aromatic nitrogens is 3. The topological polar surface area (TPSA) is 85.8 Å². The molecule has 2 rings (SSSR count). The molecule has 0 fully saturated rings. The number of nitrogens with one attached hydrogen (secondary N) is 1. The Morgan fingerprint density at radius 2 is 2.33 bits per heavy atom. The van der Waals surface area contributed by atoms with Crippen LogP contribution in [0.4, 0.5) is 5.95 Å². The zero-order valence-corrected chi connectivity index (χ0v) is 10.6. The van der Waals surface area contributed by atoms with Gasteiger partial charge in [-0.2, -0.15) is 0 Å². The molecule has 0 spiro atoms. The van der Waals surface area contributed by atoms with Crippen molar-refractivity contribution in [3.05, 3.63) is 18.5 Å². The van der Waals surface area contributed by atoms with Gasteiger partial charge in [-0.25, -0.2) is 4.98 Å². The molecule has 2 aromatic heterocycles. The van der Waals surface area contributed by atoms with E-state index in [1.54, 1.807) is 12.4 Å². The summed E-state index contributed by atoms with van der Waals surface area (Å²) >= 11 is 0. The molecule has 6 heteroatoms. The van der Waals surface area contributed by atoms with Gasteiger partial charge in [-0.1, -0.05) is 0 Å². The number of carbonyl (C=O) groups is 1. The van der Waals surface area contributed by atoms with Gasteiger partial charge in [0.05, 0.1) is 11.7 Å². The number of nitrogens with two attached hydrogens (primary N) is 1. The average Bonchev–Trinajstić information content (AvgIpc) is 2.61. The molecular formula is C12H17N5O. The van der Waals surface area contributed by atoms with Crippen molar-refractivity contribution >= 4 is 22.9 Å². The van der Waals surface area contributed by atoms with Crippen LogP contribution in [-0.4, -0.2) is 26.5 Å². The third kappa shape index (κ3) is 2.58. The molecule has 0 bridgehead atoms. The van der Waals surface area contributed by atoms with Crippen molar-refractivity contribution in [1.29, 1.82) is 0 Å². The van der Waals surface area contributed by atoms with E-state index < -0.39 is 0 Å². The maximum Gasteiger partial charge on any atom is 0.221 e. The molecule has 0 saturated heterocycles. The predicted molar refractivity (Wildman–Crippen MR) is 69.8 cm³/mol. The summed E-state index contributed by atoms with van der Waals surface area (Å²) in [5.74, 6) is 0.427. The minimum Gasteiger partial charge on any atom is -0.369 e. The summed E-state index contributed by atoms with van der Waals surface area (Å²) in [5.41, 5.74) is 7.49. The molecular weight excluding hydrogens is 230 g/mol. The zero-order chi connectivity index (χ0) is 13.1. The number of fused-ring (bicyclic) bond motifs is 1. The van der Waals surface area contributed by atoms with E-state index in [1.165, 1.54) is 0 Å². The number of imidazole rings is 1. The minimum atomic E-state index is 0.0142. The Kier molecular flexibility index (Phi) is 3.45. The number of nitrogen functional groups attached to an aromatic ring is 1. The zero-order valence-electron chi connectivity index (χ0n) is 10.6. The van der Waals surface area contributed by atoms with Crippen molar-refractivity contribution in [2.24, 2.45) is 0 Å². The Bertz CT molecular complexity index is 561. The van der Waals surface area contributed by atoms with Crippen LogP contribution in [0.5, 0.6) is 0 Å². The smallest absolute Gasteiger partial charge is 0.221 e. The van der Waals surface area contributed by atoms with E-state index in [-0.39, 0.29) is 11.9 Å². The lowest BCUT2D eigenvalue weighted by Crippen LogP contribution is -2.30. The fraction of sp³-hybridized carbons (Fsp3) is 0.417. The Balaban J connectivity index is 2.12. The monoisotopic (exact) mass is 247 g/mol. The van der Waals surface area contributed by atoms with E-state index in [9.17, 15) is 4.79 Å². The molecule has 0 aliphatic heterocycles. The maximum atomic E-state index is 11.6. The van der Waals surface area contributed by atoms with Gasteiger partial charge in [-0.05, 0) is 19.9 Å². The van der Waals surface area contributed by atoms with E-state index in [4.69, 9.17) is 5.73 Å². The van der Waals surface area contributed by atoms with Gasteiger partial charge in [0, 0.05) is 25.2 Å². The lowest BCUT2D eigenvalue weighted by Gasteiger charge is -2.09. The van der Waals surface area contributed by atoms with Gasteiger partial charge in [0.1, 0.15) is 5.52 Å². The standard InChI is InChI=1S/C12H17N5O/c1-8(2)15-11(18)4-6-17-10-3-5-14-7-9(10)16-12(17)13/h3,5,7-8H,4,6H2,1-2H3,(H2,13,16)(H,15,18). The van der Waals surface area contributed by atoms with Crippen molar-refractivity contribution < 1.29 is 4.79 Å². The minimum absolute atomic E-state index is 0.0142. The van der Waals surface area contributed by atoms with Crippen LogP contribution in [0.3, 0.4) is 0 Å². The fourth-order valence-electron chi connectivity index (χ4n) is 1.84. The van der Waals surface area contributed by atoms with Crippen molar-refractivity contribution in [2.75, 3.05) is 5.73 Å². The molecule has 0 aliphatic carbocycles. The number of aryl methyl sites for hydroxylation is 1. The summed E-state index contributed by atoms with van der Waals surface area (Å²) in [6, 6.07) is 2.00. The first-order valence-corrected chi connectivity index (χ1v) is 5.93. The first-order chi connectivity index (χ1) is 8.58. The average molecular weight is 247 g/mol. The van der Waals surface area contributed by atoms with Crippen molar-refractivity contribution in [3.8, 4) is 0 Å². The number of rotatable bonds is 4. The lowest BCUT2D eigenvalue weighted by molar-refractivity contribution is -0.121. The van der Waals surface area contributed by atoms with Gasteiger partial charge in [0.15, 0.2) is 0 Å². The number of nitrogens with zero attached hydrogens (tertiary/aromatic N) is 3. The second-order valence-electron chi connectivity index (χ2n) is 4.46. The lowest BCUT2D eigenvalue weighted by atomic mass is 10.3. The summed E-state index contributed by atoms with van der Waals surface area (Å²) in [7, 11) is 0. The van der Waals surface area contributed by atoms with Gasteiger partial charge in [0.25, 0.3) is 0 Å². The molecule has 1 amide bonds. The van der Waals surface area contributed by atoms with Crippen molar-refractivity contribution in [1.82, 2.24) is 19.9 Å².